The molecule has 5 nitrogen and oxygen atoms in total. The Kier molecular flexibility index (Phi) is 7.63. The van der Waals surface area contributed by atoms with E-state index in [0.29, 0.717) is 13.1 Å². The van der Waals surface area contributed by atoms with Crippen molar-refractivity contribution < 1.29 is 14.9 Å². The fourth-order valence-corrected chi connectivity index (χ4v) is 5.59. The van der Waals surface area contributed by atoms with E-state index in [2.05, 4.69) is 59.0 Å². The van der Waals surface area contributed by atoms with Crippen LogP contribution in [0.4, 0.5) is 0 Å². The van der Waals surface area contributed by atoms with Gasteiger partial charge in [0, 0.05) is 35.8 Å². The zero-order valence-electron chi connectivity index (χ0n) is 21.7. The fraction of sp³-hybridized carbons (Fsp3) is 0.312. The molecule has 1 aliphatic rings. The molecule has 1 fully saturated rings. The quantitative estimate of drug-likeness (QED) is 0.290. The van der Waals surface area contributed by atoms with E-state index in [9.17, 15) is 10.2 Å². The van der Waals surface area contributed by atoms with Crippen LogP contribution in [0.5, 0.6) is 11.5 Å². The molecule has 1 atom stereocenters. The molecule has 0 saturated carbocycles. The number of hydrogen-bond acceptors (Lipinski definition) is 4. The van der Waals surface area contributed by atoms with Crippen molar-refractivity contribution in [3.05, 3.63) is 95.7 Å². The predicted octanol–water partition coefficient (Wildman–Crippen LogP) is 6.18. The van der Waals surface area contributed by atoms with Crippen LogP contribution >= 0.6 is 0 Å². The number of fused-ring (bicyclic) bond motifs is 1. The van der Waals surface area contributed by atoms with Crippen LogP contribution in [0.2, 0.25) is 0 Å². The van der Waals surface area contributed by atoms with Gasteiger partial charge in [0.15, 0.2) is 0 Å². The second kappa shape index (κ2) is 11.2. The average molecular weight is 497 g/mol. The highest BCUT2D eigenvalue weighted by Crippen LogP contribution is 2.39. The van der Waals surface area contributed by atoms with E-state index >= 15 is 0 Å². The number of aromatic nitrogens is 1. The van der Waals surface area contributed by atoms with Gasteiger partial charge in [-0.15, -0.1) is 0 Å². The summed E-state index contributed by atoms with van der Waals surface area (Å²) in [5, 5.41) is 22.1. The molecule has 3 aromatic carbocycles. The van der Waals surface area contributed by atoms with Gasteiger partial charge in [0.1, 0.15) is 11.5 Å². The number of aliphatic hydroxyl groups excluding tert-OH is 1. The highest BCUT2D eigenvalue weighted by molar-refractivity contribution is 6.05. The van der Waals surface area contributed by atoms with Crippen LogP contribution in [0.3, 0.4) is 0 Å². The van der Waals surface area contributed by atoms with Crippen molar-refractivity contribution in [2.75, 3.05) is 26.7 Å². The number of phenolic OH excluding ortho intramolecular Hbond substituents is 1. The molecule has 5 heteroatoms. The summed E-state index contributed by atoms with van der Waals surface area (Å²) in [6.45, 7) is 5.62. The van der Waals surface area contributed by atoms with E-state index in [1.54, 1.807) is 19.2 Å². The van der Waals surface area contributed by atoms with Crippen molar-refractivity contribution in [3.63, 3.8) is 0 Å². The number of phenols is 1. The lowest BCUT2D eigenvalue weighted by Gasteiger charge is -2.20. The third kappa shape index (κ3) is 5.43. The maximum Gasteiger partial charge on any atom is 0.118 e. The molecule has 1 unspecified atom stereocenters. The Hall–Kier alpha value is -3.54. The molecule has 1 aromatic heterocycles. The molecule has 0 radical (unpaired) electrons. The van der Waals surface area contributed by atoms with Gasteiger partial charge in [-0.3, -0.25) is 0 Å². The minimum absolute atomic E-state index is 0.250. The van der Waals surface area contributed by atoms with Crippen molar-refractivity contribution in [1.29, 1.82) is 0 Å². The Morgan fingerprint density at radius 1 is 0.892 bits per heavy atom. The maximum atomic E-state index is 11.0. The molecule has 1 aliphatic heterocycles. The minimum atomic E-state index is -0.422. The molecular weight excluding hydrogens is 460 g/mol. The van der Waals surface area contributed by atoms with Crippen molar-refractivity contribution in [1.82, 2.24) is 9.47 Å². The van der Waals surface area contributed by atoms with Crippen molar-refractivity contribution in [3.8, 4) is 11.5 Å². The van der Waals surface area contributed by atoms with Gasteiger partial charge in [-0.25, -0.2) is 0 Å². The average Bonchev–Trinajstić information content (AvgIpc) is 3.56. The molecule has 1 saturated heterocycles. The number of β-amino-alcohol motifs (C(OH)–C–C–N with tert-alkyl or cyclic N) is 1. The summed E-state index contributed by atoms with van der Waals surface area (Å²) in [6, 6.07) is 24.1. The molecule has 2 N–H and O–H groups in total. The van der Waals surface area contributed by atoms with Crippen molar-refractivity contribution >= 4 is 22.0 Å². The lowest BCUT2D eigenvalue weighted by molar-refractivity contribution is 0.110. The van der Waals surface area contributed by atoms with Crippen LogP contribution in [-0.4, -0.2) is 52.5 Å². The van der Waals surface area contributed by atoms with E-state index in [-0.39, 0.29) is 5.75 Å². The molecule has 0 aliphatic carbocycles. The normalized spacial score (nSPS) is 15.6. The van der Waals surface area contributed by atoms with Gasteiger partial charge in [0.2, 0.25) is 0 Å². The number of hydrogen-bond donors (Lipinski definition) is 2. The number of allylic oxidation sites excluding steroid dienone is 1. The summed E-state index contributed by atoms with van der Waals surface area (Å²) >= 11 is 0. The lowest BCUT2D eigenvalue weighted by Crippen LogP contribution is -2.32. The number of ether oxygens (including phenoxy) is 1. The van der Waals surface area contributed by atoms with E-state index in [1.807, 2.05) is 24.3 Å². The SMILES string of the molecule is CC/C(=C(/c1ccc(O)cc1)c1ccc(OC)cc1)c1cn(CC(O)CN2CCCC2)c2ccccc12. The second-order valence-corrected chi connectivity index (χ2v) is 9.86. The molecular formula is C32H36N2O3. The number of likely N-dealkylation sites (tertiary alicyclic amines) is 1. The summed E-state index contributed by atoms with van der Waals surface area (Å²) in [5.41, 5.74) is 6.79. The van der Waals surface area contributed by atoms with E-state index in [4.69, 9.17) is 4.74 Å². The number of benzene rings is 3. The summed E-state index contributed by atoms with van der Waals surface area (Å²) in [4.78, 5) is 2.36. The monoisotopic (exact) mass is 496 g/mol. The number of rotatable bonds is 9. The smallest absolute Gasteiger partial charge is 0.118 e. The van der Waals surface area contributed by atoms with Gasteiger partial charge in [-0.1, -0.05) is 49.4 Å². The summed E-state index contributed by atoms with van der Waals surface area (Å²) in [5.74, 6) is 1.06. The van der Waals surface area contributed by atoms with Crippen LogP contribution in [-0.2, 0) is 6.54 Å². The molecule has 0 amide bonds. The highest BCUT2D eigenvalue weighted by atomic mass is 16.5. The first-order valence-electron chi connectivity index (χ1n) is 13.2. The third-order valence-electron chi connectivity index (χ3n) is 7.38. The first-order valence-corrected chi connectivity index (χ1v) is 13.2. The maximum absolute atomic E-state index is 11.0. The molecule has 192 valence electrons. The van der Waals surface area contributed by atoms with Crippen LogP contribution < -0.4 is 4.74 Å². The van der Waals surface area contributed by atoms with Crippen LogP contribution in [0.1, 0.15) is 42.9 Å². The third-order valence-corrected chi connectivity index (χ3v) is 7.38. The Bertz CT molecular complexity index is 1360. The number of aromatic hydroxyl groups is 1. The number of nitrogens with zero attached hydrogens (tertiary/aromatic N) is 2. The summed E-state index contributed by atoms with van der Waals surface area (Å²) in [6.07, 6.45) is 5.06. The van der Waals surface area contributed by atoms with Crippen molar-refractivity contribution in [2.45, 2.75) is 38.8 Å². The molecule has 37 heavy (non-hydrogen) atoms. The second-order valence-electron chi connectivity index (χ2n) is 9.86. The standard InChI is InChI=1S/C32H36N2O3/c1-3-28(32(23-10-14-25(35)15-11-23)24-12-16-27(37-2)17-13-24)30-22-34(31-9-5-4-8-29(30)31)21-26(36)20-33-18-6-7-19-33/h4-5,8-17,22,26,35-36H,3,6-7,18-21H2,1-2H3/b32-28+. The van der Waals surface area contributed by atoms with Gasteiger partial charge in [0.25, 0.3) is 0 Å². The van der Waals surface area contributed by atoms with Gasteiger partial charge in [0.05, 0.1) is 13.2 Å². The zero-order chi connectivity index (χ0) is 25.8. The number of methoxy groups -OCH3 is 1. The zero-order valence-corrected chi connectivity index (χ0v) is 21.7. The highest BCUT2D eigenvalue weighted by Gasteiger charge is 2.20. The predicted molar refractivity (Wildman–Crippen MR) is 151 cm³/mol. The van der Waals surface area contributed by atoms with Gasteiger partial charge in [-0.2, -0.15) is 0 Å². The fourth-order valence-electron chi connectivity index (χ4n) is 5.59. The Morgan fingerprint density at radius 3 is 2.19 bits per heavy atom. The van der Waals surface area contributed by atoms with Gasteiger partial charge >= 0.3 is 0 Å². The molecule has 0 bridgehead atoms. The van der Waals surface area contributed by atoms with E-state index < -0.39 is 6.10 Å². The molecule has 0 spiro atoms. The first-order chi connectivity index (χ1) is 18.1. The number of aliphatic hydroxyl groups is 1. The van der Waals surface area contributed by atoms with E-state index in [1.165, 1.54) is 29.4 Å². The summed E-state index contributed by atoms with van der Waals surface area (Å²) in [7, 11) is 1.68. The topological polar surface area (TPSA) is 57.9 Å². The Labute approximate surface area is 219 Å². The molecule has 2 heterocycles. The summed E-state index contributed by atoms with van der Waals surface area (Å²) < 4.78 is 7.62. The minimum Gasteiger partial charge on any atom is -0.508 e. The number of para-hydroxylation sites is 1. The Balaban J connectivity index is 1.63. The van der Waals surface area contributed by atoms with E-state index in [0.717, 1.165) is 47.5 Å². The van der Waals surface area contributed by atoms with Gasteiger partial charge < -0.3 is 24.4 Å². The molecule has 4 aromatic rings. The van der Waals surface area contributed by atoms with Crippen LogP contribution in [0.25, 0.3) is 22.0 Å². The molecule has 5 rings (SSSR count). The van der Waals surface area contributed by atoms with Crippen LogP contribution in [0.15, 0.2) is 79.0 Å². The first kappa shape index (κ1) is 25.1. The lowest BCUT2D eigenvalue weighted by atomic mass is 9.88. The van der Waals surface area contributed by atoms with Crippen molar-refractivity contribution in [2.24, 2.45) is 0 Å². The van der Waals surface area contributed by atoms with Crippen LogP contribution in [0, 0.1) is 0 Å². The largest absolute Gasteiger partial charge is 0.508 e. The van der Waals surface area contributed by atoms with Gasteiger partial charge in [-0.05, 0) is 85.0 Å². The Morgan fingerprint density at radius 2 is 1.54 bits per heavy atom.